The molecule has 3 nitrogen and oxygen atoms in total. The lowest BCUT2D eigenvalue weighted by molar-refractivity contribution is -0.129. The second kappa shape index (κ2) is 9.54. The van der Waals surface area contributed by atoms with Crippen molar-refractivity contribution in [2.24, 2.45) is 0 Å². The molecule has 1 aliphatic rings. The number of carbonyl (C=O) groups excluding carboxylic acids is 1. The van der Waals surface area contributed by atoms with Gasteiger partial charge in [-0.15, -0.1) is 0 Å². The Hall–Kier alpha value is -2.13. The summed E-state index contributed by atoms with van der Waals surface area (Å²) in [5, 5.41) is 3.39. The Morgan fingerprint density at radius 2 is 1.65 bits per heavy atom. The topological polar surface area (TPSA) is 32.3 Å². The molecular formula is C23H30N2O. The summed E-state index contributed by atoms with van der Waals surface area (Å²) in [6.45, 7) is 4.95. The van der Waals surface area contributed by atoms with Crippen LogP contribution in [0.25, 0.3) is 0 Å². The zero-order chi connectivity index (χ0) is 18.2. The van der Waals surface area contributed by atoms with E-state index in [1.54, 1.807) is 0 Å². The van der Waals surface area contributed by atoms with E-state index in [1.807, 2.05) is 0 Å². The second-order valence-electron chi connectivity index (χ2n) is 7.08. The van der Waals surface area contributed by atoms with E-state index in [9.17, 15) is 4.79 Å². The summed E-state index contributed by atoms with van der Waals surface area (Å²) in [5.41, 5.74) is 2.66. The number of hydrogen-bond donors (Lipinski definition) is 1. The smallest absolute Gasteiger partial charge is 0.222 e. The highest BCUT2D eigenvalue weighted by Crippen LogP contribution is 2.30. The summed E-state index contributed by atoms with van der Waals surface area (Å²) < 4.78 is 0. The maximum atomic E-state index is 12.4. The first-order valence-corrected chi connectivity index (χ1v) is 9.89. The van der Waals surface area contributed by atoms with Gasteiger partial charge in [0.05, 0.1) is 0 Å². The van der Waals surface area contributed by atoms with Gasteiger partial charge in [-0.05, 0) is 43.5 Å². The predicted octanol–water partition coefficient (Wildman–Crippen LogP) is 4.20. The number of hydrogen-bond acceptors (Lipinski definition) is 2. The van der Waals surface area contributed by atoms with Crippen LogP contribution in [0.5, 0.6) is 0 Å². The van der Waals surface area contributed by atoms with Gasteiger partial charge in [0.15, 0.2) is 0 Å². The molecule has 0 unspecified atom stereocenters. The molecule has 3 rings (SSSR count). The predicted molar refractivity (Wildman–Crippen MR) is 107 cm³/mol. The first-order valence-electron chi connectivity index (χ1n) is 9.89. The van der Waals surface area contributed by atoms with E-state index in [-0.39, 0.29) is 0 Å². The van der Waals surface area contributed by atoms with Gasteiger partial charge in [-0.1, -0.05) is 67.6 Å². The highest BCUT2D eigenvalue weighted by atomic mass is 16.2. The molecule has 0 bridgehead atoms. The summed E-state index contributed by atoms with van der Waals surface area (Å²) in [6, 6.07) is 21.7. The minimum atomic E-state index is 0.325. The SMILES string of the molecule is CCNCC[C@H]1CCC(=O)N1CCC(c1ccccc1)c1ccccc1. The first kappa shape index (κ1) is 18.7. The van der Waals surface area contributed by atoms with Crippen molar-refractivity contribution in [2.75, 3.05) is 19.6 Å². The van der Waals surface area contributed by atoms with Crippen LogP contribution in [0, 0.1) is 0 Å². The van der Waals surface area contributed by atoms with Crippen LogP contribution in [0.4, 0.5) is 0 Å². The van der Waals surface area contributed by atoms with Gasteiger partial charge in [-0.25, -0.2) is 0 Å². The highest BCUT2D eigenvalue weighted by Gasteiger charge is 2.30. The molecule has 0 aliphatic carbocycles. The zero-order valence-electron chi connectivity index (χ0n) is 15.7. The number of likely N-dealkylation sites (tertiary alicyclic amines) is 1. The van der Waals surface area contributed by atoms with Gasteiger partial charge < -0.3 is 10.2 Å². The van der Waals surface area contributed by atoms with Gasteiger partial charge in [0.25, 0.3) is 0 Å². The lowest BCUT2D eigenvalue weighted by atomic mass is 9.88. The third kappa shape index (κ3) is 4.73. The highest BCUT2D eigenvalue weighted by molar-refractivity contribution is 5.78. The Balaban J connectivity index is 1.70. The molecule has 1 aliphatic heterocycles. The summed E-state index contributed by atoms with van der Waals surface area (Å²) >= 11 is 0. The molecule has 0 spiro atoms. The molecule has 0 saturated carbocycles. The molecule has 1 fully saturated rings. The van der Waals surface area contributed by atoms with Crippen LogP contribution < -0.4 is 5.32 Å². The fourth-order valence-electron chi connectivity index (χ4n) is 4.01. The Morgan fingerprint density at radius 3 is 2.23 bits per heavy atom. The number of benzene rings is 2. The van der Waals surface area contributed by atoms with Crippen LogP contribution in [0.1, 0.15) is 49.7 Å². The normalized spacial score (nSPS) is 17.2. The maximum Gasteiger partial charge on any atom is 0.222 e. The van der Waals surface area contributed by atoms with E-state index in [1.165, 1.54) is 11.1 Å². The van der Waals surface area contributed by atoms with E-state index in [4.69, 9.17) is 0 Å². The van der Waals surface area contributed by atoms with Gasteiger partial charge in [0.1, 0.15) is 0 Å². The maximum absolute atomic E-state index is 12.4. The molecule has 2 aromatic carbocycles. The Labute approximate surface area is 157 Å². The van der Waals surface area contributed by atoms with Crippen molar-refractivity contribution in [2.45, 2.75) is 44.6 Å². The van der Waals surface area contributed by atoms with Crippen molar-refractivity contribution in [3.05, 3.63) is 71.8 Å². The lowest BCUT2D eigenvalue weighted by Gasteiger charge is -2.27. The number of amides is 1. The molecule has 138 valence electrons. The van der Waals surface area contributed by atoms with Crippen molar-refractivity contribution in [1.29, 1.82) is 0 Å². The van der Waals surface area contributed by atoms with Crippen molar-refractivity contribution in [1.82, 2.24) is 10.2 Å². The van der Waals surface area contributed by atoms with Crippen LogP contribution in [-0.2, 0) is 4.79 Å². The van der Waals surface area contributed by atoms with Gasteiger partial charge in [-0.3, -0.25) is 4.79 Å². The third-order valence-electron chi connectivity index (χ3n) is 5.42. The molecule has 26 heavy (non-hydrogen) atoms. The first-order chi connectivity index (χ1) is 12.8. The van der Waals surface area contributed by atoms with Gasteiger partial charge >= 0.3 is 0 Å². The monoisotopic (exact) mass is 350 g/mol. The van der Waals surface area contributed by atoms with Crippen molar-refractivity contribution in [3.63, 3.8) is 0 Å². The van der Waals surface area contributed by atoms with E-state index in [0.717, 1.165) is 38.9 Å². The number of nitrogens with one attached hydrogen (secondary N) is 1. The molecule has 1 amide bonds. The summed E-state index contributed by atoms with van der Waals surface area (Å²) in [4.78, 5) is 14.5. The molecule has 1 heterocycles. The van der Waals surface area contributed by atoms with E-state index in [2.05, 4.69) is 77.8 Å². The van der Waals surface area contributed by atoms with E-state index in [0.29, 0.717) is 24.3 Å². The van der Waals surface area contributed by atoms with E-state index >= 15 is 0 Å². The lowest BCUT2D eigenvalue weighted by Crippen LogP contribution is -2.36. The fraction of sp³-hybridized carbons (Fsp3) is 0.435. The second-order valence-corrected chi connectivity index (χ2v) is 7.08. The Bertz CT molecular complexity index is 632. The Kier molecular flexibility index (Phi) is 6.84. The van der Waals surface area contributed by atoms with Gasteiger partial charge in [0.2, 0.25) is 5.91 Å². The van der Waals surface area contributed by atoms with Gasteiger partial charge in [-0.2, -0.15) is 0 Å². The average molecular weight is 351 g/mol. The summed E-state index contributed by atoms with van der Waals surface area (Å²) in [7, 11) is 0. The van der Waals surface area contributed by atoms with Gasteiger partial charge in [0, 0.05) is 24.9 Å². The van der Waals surface area contributed by atoms with Crippen molar-refractivity contribution in [3.8, 4) is 0 Å². The third-order valence-corrected chi connectivity index (χ3v) is 5.42. The Morgan fingerprint density at radius 1 is 1.04 bits per heavy atom. The largest absolute Gasteiger partial charge is 0.340 e. The van der Waals surface area contributed by atoms with Crippen LogP contribution in [0.15, 0.2) is 60.7 Å². The number of nitrogens with zero attached hydrogens (tertiary/aromatic N) is 1. The molecule has 1 saturated heterocycles. The quantitative estimate of drug-likeness (QED) is 0.688. The minimum Gasteiger partial charge on any atom is -0.340 e. The molecule has 2 aromatic rings. The standard InChI is InChI=1S/C23H30N2O/c1-2-24-17-15-21-13-14-23(26)25(21)18-16-22(19-9-5-3-6-10-19)20-11-7-4-8-12-20/h3-12,21-22,24H,2,13-18H2,1H3/t21-/m1/s1. The molecular weight excluding hydrogens is 320 g/mol. The molecule has 0 aromatic heterocycles. The van der Waals surface area contributed by atoms with Crippen LogP contribution >= 0.6 is 0 Å². The molecule has 0 radical (unpaired) electrons. The zero-order valence-corrected chi connectivity index (χ0v) is 15.7. The van der Waals surface area contributed by atoms with Crippen molar-refractivity contribution >= 4 is 5.91 Å². The van der Waals surface area contributed by atoms with E-state index < -0.39 is 0 Å². The molecule has 1 N–H and O–H groups in total. The van der Waals surface area contributed by atoms with Crippen LogP contribution in [0.2, 0.25) is 0 Å². The minimum absolute atomic E-state index is 0.325. The summed E-state index contributed by atoms with van der Waals surface area (Å²) in [5.74, 6) is 0.659. The summed E-state index contributed by atoms with van der Waals surface area (Å²) in [6.07, 6.45) is 3.74. The fourth-order valence-corrected chi connectivity index (χ4v) is 4.01. The van der Waals surface area contributed by atoms with Crippen LogP contribution in [-0.4, -0.2) is 36.5 Å². The molecule has 1 atom stereocenters. The number of carbonyl (C=O) groups is 1. The van der Waals surface area contributed by atoms with Crippen molar-refractivity contribution < 1.29 is 4.79 Å². The van der Waals surface area contributed by atoms with Crippen LogP contribution in [0.3, 0.4) is 0 Å². The number of rotatable bonds is 9. The molecule has 3 heteroatoms. The average Bonchev–Trinajstić information content (AvgIpc) is 3.04.